The van der Waals surface area contributed by atoms with E-state index in [0.717, 1.165) is 54.2 Å². The molecule has 0 aliphatic carbocycles. The van der Waals surface area contributed by atoms with E-state index < -0.39 is 0 Å². The van der Waals surface area contributed by atoms with Crippen LogP contribution in [0.15, 0.2) is 54.0 Å². The Morgan fingerprint density at radius 2 is 1.93 bits per heavy atom. The molecule has 0 bridgehead atoms. The number of thiazole rings is 1. The molecule has 1 aliphatic rings. The normalized spacial score (nSPS) is 17.2. The number of aromatic amines is 1. The average Bonchev–Trinajstić information content (AvgIpc) is 3.36. The Bertz CT molecular complexity index is 1080. The predicted octanol–water partition coefficient (Wildman–Crippen LogP) is 4.30. The lowest BCUT2D eigenvalue weighted by atomic mass is 9.70. The molecule has 0 spiro atoms. The molecule has 5 rings (SSSR count). The molecule has 6 heteroatoms. The summed E-state index contributed by atoms with van der Waals surface area (Å²) in [5.74, 6) is 0. The van der Waals surface area contributed by atoms with Gasteiger partial charge in [-0.1, -0.05) is 30.3 Å². The van der Waals surface area contributed by atoms with Gasteiger partial charge in [-0.05, 0) is 50.6 Å². The monoisotopic (exact) mass is 389 g/mol. The highest BCUT2D eigenvalue weighted by atomic mass is 32.1. The zero-order valence-corrected chi connectivity index (χ0v) is 16.7. The van der Waals surface area contributed by atoms with Gasteiger partial charge in [-0.25, -0.2) is 9.97 Å². The number of likely N-dealkylation sites (tertiary alicyclic amines) is 1. The van der Waals surface area contributed by atoms with Crippen molar-refractivity contribution in [3.63, 3.8) is 0 Å². The number of hydrogen-bond donors (Lipinski definition) is 1. The molecule has 1 N–H and O–H groups in total. The minimum atomic E-state index is 0.0140. The van der Waals surface area contributed by atoms with Crippen molar-refractivity contribution >= 4 is 22.4 Å². The standard InChI is InChI=1S/C22H23N5S/c1-16-24-20(15-28-16)22(17-6-3-2-4-7-17)9-12-27(13-10-22)14-19-18-8-5-11-23-21(18)26-25-19/h2-8,11,15H,9-10,12-14H2,1H3,(H,23,25,26). The van der Waals surface area contributed by atoms with Crippen molar-refractivity contribution in [2.24, 2.45) is 0 Å². The molecule has 3 aromatic heterocycles. The predicted molar refractivity (Wildman–Crippen MR) is 112 cm³/mol. The molecule has 1 aromatic carbocycles. The molecule has 1 fully saturated rings. The lowest BCUT2D eigenvalue weighted by Gasteiger charge is -2.41. The summed E-state index contributed by atoms with van der Waals surface area (Å²) >= 11 is 1.75. The van der Waals surface area contributed by atoms with Crippen molar-refractivity contribution < 1.29 is 0 Å². The Balaban J connectivity index is 1.40. The Labute approximate surface area is 168 Å². The maximum Gasteiger partial charge on any atom is 0.181 e. The summed E-state index contributed by atoms with van der Waals surface area (Å²) in [7, 11) is 0. The van der Waals surface area contributed by atoms with Gasteiger partial charge in [-0.2, -0.15) is 5.10 Å². The van der Waals surface area contributed by atoms with Crippen LogP contribution in [-0.4, -0.2) is 38.2 Å². The van der Waals surface area contributed by atoms with Gasteiger partial charge >= 0.3 is 0 Å². The van der Waals surface area contributed by atoms with Gasteiger partial charge in [0.25, 0.3) is 0 Å². The van der Waals surface area contributed by atoms with Gasteiger partial charge in [0, 0.05) is 28.9 Å². The fourth-order valence-electron chi connectivity index (χ4n) is 4.37. The van der Waals surface area contributed by atoms with E-state index in [2.05, 4.69) is 68.8 Å². The molecule has 142 valence electrons. The molecule has 0 radical (unpaired) electrons. The second-order valence-electron chi connectivity index (χ2n) is 7.55. The first kappa shape index (κ1) is 17.5. The van der Waals surface area contributed by atoms with Gasteiger partial charge in [-0.3, -0.25) is 10.00 Å². The fraction of sp³-hybridized carbons (Fsp3) is 0.318. The van der Waals surface area contributed by atoms with E-state index in [1.807, 2.05) is 6.07 Å². The number of benzene rings is 1. The summed E-state index contributed by atoms with van der Waals surface area (Å²) in [6, 6.07) is 15.0. The van der Waals surface area contributed by atoms with Crippen LogP contribution in [-0.2, 0) is 12.0 Å². The second kappa shape index (κ2) is 7.11. The van der Waals surface area contributed by atoms with Crippen LogP contribution in [0.25, 0.3) is 11.0 Å². The minimum absolute atomic E-state index is 0.0140. The Kier molecular flexibility index (Phi) is 4.45. The molecule has 4 heterocycles. The second-order valence-corrected chi connectivity index (χ2v) is 8.62. The lowest BCUT2D eigenvalue weighted by Crippen LogP contribution is -2.43. The van der Waals surface area contributed by atoms with Gasteiger partial charge in [-0.15, -0.1) is 11.3 Å². The minimum Gasteiger partial charge on any atom is -0.297 e. The molecule has 0 saturated carbocycles. The summed E-state index contributed by atoms with van der Waals surface area (Å²) in [4.78, 5) is 11.7. The van der Waals surface area contributed by atoms with Crippen molar-refractivity contribution in [2.45, 2.75) is 31.7 Å². The zero-order chi connectivity index (χ0) is 19.0. The quantitative estimate of drug-likeness (QED) is 0.565. The van der Waals surface area contributed by atoms with E-state index in [1.165, 1.54) is 11.3 Å². The van der Waals surface area contributed by atoms with Gasteiger partial charge in [0.2, 0.25) is 0 Å². The third-order valence-corrected chi connectivity index (χ3v) is 6.71. The average molecular weight is 390 g/mol. The largest absolute Gasteiger partial charge is 0.297 e. The van der Waals surface area contributed by atoms with Crippen LogP contribution in [0.3, 0.4) is 0 Å². The fourth-order valence-corrected chi connectivity index (χ4v) is 5.08. The van der Waals surface area contributed by atoms with Crippen molar-refractivity contribution in [2.75, 3.05) is 13.1 Å². The number of fused-ring (bicyclic) bond motifs is 1. The van der Waals surface area contributed by atoms with Crippen LogP contribution in [0.2, 0.25) is 0 Å². The number of hydrogen-bond acceptors (Lipinski definition) is 5. The molecule has 28 heavy (non-hydrogen) atoms. The molecule has 0 atom stereocenters. The number of nitrogens with zero attached hydrogens (tertiary/aromatic N) is 4. The third kappa shape index (κ3) is 3.02. The first-order chi connectivity index (χ1) is 13.7. The van der Waals surface area contributed by atoms with E-state index in [0.29, 0.717) is 0 Å². The van der Waals surface area contributed by atoms with Gasteiger partial charge < -0.3 is 0 Å². The number of aromatic nitrogens is 4. The van der Waals surface area contributed by atoms with Gasteiger partial charge in [0.1, 0.15) is 0 Å². The first-order valence-electron chi connectivity index (χ1n) is 9.73. The topological polar surface area (TPSA) is 57.7 Å². The van der Waals surface area contributed by atoms with Gasteiger partial charge in [0.15, 0.2) is 5.65 Å². The van der Waals surface area contributed by atoms with Crippen LogP contribution in [0.5, 0.6) is 0 Å². The highest BCUT2D eigenvalue weighted by molar-refractivity contribution is 7.09. The number of nitrogens with one attached hydrogen (secondary N) is 1. The molecule has 0 amide bonds. The van der Waals surface area contributed by atoms with Crippen LogP contribution < -0.4 is 0 Å². The molecular weight excluding hydrogens is 366 g/mol. The molecule has 5 nitrogen and oxygen atoms in total. The van der Waals surface area contributed by atoms with Crippen LogP contribution in [0.1, 0.15) is 34.8 Å². The molecular formula is C22H23N5S. The van der Waals surface area contributed by atoms with Crippen molar-refractivity contribution in [1.82, 2.24) is 25.1 Å². The first-order valence-corrected chi connectivity index (χ1v) is 10.6. The van der Waals surface area contributed by atoms with E-state index in [4.69, 9.17) is 4.98 Å². The summed E-state index contributed by atoms with van der Waals surface area (Å²) in [5.41, 5.74) is 4.58. The van der Waals surface area contributed by atoms with E-state index in [9.17, 15) is 0 Å². The molecule has 1 aliphatic heterocycles. The lowest BCUT2D eigenvalue weighted by molar-refractivity contribution is 0.169. The summed E-state index contributed by atoms with van der Waals surface area (Å²) < 4.78 is 0. The maximum absolute atomic E-state index is 4.90. The Hall–Kier alpha value is -2.57. The SMILES string of the molecule is Cc1nc(C2(c3ccccc3)CCN(Cc3[nH]nc4ncccc34)CC2)cs1. The van der Waals surface area contributed by atoms with Crippen LogP contribution >= 0.6 is 11.3 Å². The molecule has 4 aromatic rings. The molecule has 1 saturated heterocycles. The smallest absolute Gasteiger partial charge is 0.181 e. The van der Waals surface area contributed by atoms with Crippen LogP contribution in [0.4, 0.5) is 0 Å². The van der Waals surface area contributed by atoms with E-state index >= 15 is 0 Å². The number of H-pyrrole nitrogens is 1. The number of piperidine rings is 1. The zero-order valence-electron chi connectivity index (χ0n) is 15.9. The van der Waals surface area contributed by atoms with E-state index in [-0.39, 0.29) is 5.41 Å². The summed E-state index contributed by atoms with van der Waals surface area (Å²) in [5, 5.41) is 12.0. The van der Waals surface area contributed by atoms with E-state index in [1.54, 1.807) is 17.5 Å². The number of aryl methyl sites for hydroxylation is 1. The number of rotatable bonds is 4. The highest BCUT2D eigenvalue weighted by Crippen LogP contribution is 2.42. The molecule has 0 unspecified atom stereocenters. The van der Waals surface area contributed by atoms with Gasteiger partial charge in [0.05, 0.1) is 16.4 Å². The summed E-state index contributed by atoms with van der Waals surface area (Å²) in [6.07, 6.45) is 3.94. The summed E-state index contributed by atoms with van der Waals surface area (Å²) in [6.45, 7) is 5.04. The van der Waals surface area contributed by atoms with Crippen molar-refractivity contribution in [1.29, 1.82) is 0 Å². The van der Waals surface area contributed by atoms with Crippen molar-refractivity contribution in [3.05, 3.63) is 76.0 Å². The maximum atomic E-state index is 4.90. The highest BCUT2D eigenvalue weighted by Gasteiger charge is 2.39. The number of pyridine rings is 1. The third-order valence-electron chi connectivity index (χ3n) is 5.94. The Morgan fingerprint density at radius 3 is 2.68 bits per heavy atom. The Morgan fingerprint density at radius 1 is 1.11 bits per heavy atom. The van der Waals surface area contributed by atoms with Crippen LogP contribution in [0, 0.1) is 6.92 Å². The van der Waals surface area contributed by atoms with Crippen molar-refractivity contribution in [3.8, 4) is 0 Å².